The van der Waals surface area contributed by atoms with Crippen molar-refractivity contribution >= 4 is 73.2 Å². The molecular weight excluding hydrogens is 964 g/mol. The lowest BCUT2D eigenvalue weighted by Crippen LogP contribution is -2.31. The van der Waals surface area contributed by atoms with Gasteiger partial charge in [-0.2, -0.15) is 0 Å². The molecule has 6 aromatic heterocycles. The lowest BCUT2D eigenvalue weighted by atomic mass is 10.0. The van der Waals surface area contributed by atoms with E-state index < -0.39 is 29.6 Å². The fourth-order valence-corrected chi connectivity index (χ4v) is 8.93. The number of H-pyrrole nitrogens is 2. The fraction of sp³-hybridized carbons (Fsp3) is 0.273. The van der Waals surface area contributed by atoms with Crippen molar-refractivity contribution in [1.29, 1.82) is 0 Å². The molecule has 0 bridgehead atoms. The van der Waals surface area contributed by atoms with E-state index in [9.17, 15) is 14.7 Å². The molecule has 10 rings (SSSR count). The number of aryl methyl sites for hydroxylation is 6. The SMILES string of the molecule is C.CC(C)(C)OC(=O)[C@@H](N)c1ccccc1.COc1cc2c(cc1-c1c(C)noc1C)[nH]c1nc(C)nc(Cl)c12.COc1cc2c(cc1-c1c(C)noc1C)[nH]c1nc(C)nc(N[C@H](C(=O)O)c3ccccc3)c12. The average Bonchev–Trinajstić information content (AvgIpc) is 4.10. The Bertz CT molecular complexity index is 3620. The van der Waals surface area contributed by atoms with Crippen LogP contribution in [0, 0.1) is 41.5 Å². The molecule has 74 heavy (non-hydrogen) atoms. The minimum atomic E-state index is -1.01. The molecule has 2 atom stereocenters. The molecule has 0 radical (unpaired) electrons. The van der Waals surface area contributed by atoms with Crippen LogP contribution in [0.15, 0.2) is 94.0 Å². The summed E-state index contributed by atoms with van der Waals surface area (Å²) in [6, 6.07) is 24.3. The first kappa shape index (κ1) is 53.4. The summed E-state index contributed by atoms with van der Waals surface area (Å²) in [7, 11) is 3.24. The fourth-order valence-electron chi connectivity index (χ4n) is 8.62. The molecule has 6 heterocycles. The van der Waals surface area contributed by atoms with Crippen LogP contribution in [0.1, 0.15) is 86.0 Å². The zero-order valence-electron chi connectivity index (χ0n) is 42.2. The molecule has 0 aliphatic carbocycles. The van der Waals surface area contributed by atoms with E-state index in [1.54, 1.807) is 45.4 Å². The van der Waals surface area contributed by atoms with Crippen molar-refractivity contribution in [2.45, 2.75) is 87.4 Å². The number of benzene rings is 4. The number of nitrogens with one attached hydrogen (secondary N) is 3. The number of carboxylic acids is 1. The number of fused-ring (bicyclic) bond motifs is 6. The summed E-state index contributed by atoms with van der Waals surface area (Å²) >= 11 is 6.33. The number of halogens is 1. The van der Waals surface area contributed by atoms with Crippen molar-refractivity contribution in [3.8, 4) is 33.8 Å². The summed E-state index contributed by atoms with van der Waals surface area (Å²) in [6.45, 7) is 16.6. The van der Waals surface area contributed by atoms with Gasteiger partial charge in [-0.3, -0.25) is 0 Å². The van der Waals surface area contributed by atoms with Gasteiger partial charge in [0.15, 0.2) is 6.04 Å². The number of hydrogen-bond acceptors (Lipinski definition) is 15. The Morgan fingerprint density at radius 3 is 1.59 bits per heavy atom. The second-order valence-electron chi connectivity index (χ2n) is 18.2. The molecule has 6 N–H and O–H groups in total. The minimum absolute atomic E-state index is 0. The first-order valence-corrected chi connectivity index (χ1v) is 23.5. The topological polar surface area (TPSA) is 255 Å². The number of ether oxygens (including phenoxy) is 3. The Morgan fingerprint density at radius 1 is 0.689 bits per heavy atom. The maximum Gasteiger partial charge on any atom is 0.330 e. The van der Waals surface area contributed by atoms with Crippen LogP contribution >= 0.6 is 11.6 Å². The van der Waals surface area contributed by atoms with E-state index >= 15 is 0 Å². The Morgan fingerprint density at radius 2 is 1.15 bits per heavy atom. The van der Waals surface area contributed by atoms with Crippen molar-refractivity contribution in [3.05, 3.63) is 136 Å². The number of carbonyl (C=O) groups excluding carboxylic acids is 1. The quantitative estimate of drug-likeness (QED) is 0.0630. The van der Waals surface area contributed by atoms with Crippen LogP contribution in [0.2, 0.25) is 5.15 Å². The number of esters is 1. The van der Waals surface area contributed by atoms with E-state index in [0.717, 1.165) is 77.9 Å². The number of methoxy groups -OCH3 is 2. The lowest BCUT2D eigenvalue weighted by Gasteiger charge is -2.22. The summed E-state index contributed by atoms with van der Waals surface area (Å²) in [5.41, 5.74) is 14.8. The monoisotopic (exact) mass is 1020 g/mol. The van der Waals surface area contributed by atoms with Gasteiger partial charge in [0.1, 0.15) is 68.6 Å². The number of hydrogen-bond donors (Lipinski definition) is 5. The normalized spacial score (nSPS) is 12.1. The number of aromatic nitrogens is 8. The second-order valence-corrected chi connectivity index (χ2v) is 18.6. The zero-order chi connectivity index (χ0) is 52.5. The van der Waals surface area contributed by atoms with E-state index in [2.05, 4.69) is 45.5 Å². The van der Waals surface area contributed by atoms with Crippen LogP contribution in [-0.2, 0) is 14.3 Å². The van der Waals surface area contributed by atoms with E-state index in [0.29, 0.717) is 56.4 Å². The molecule has 0 amide bonds. The third kappa shape index (κ3) is 11.0. The van der Waals surface area contributed by atoms with Crippen molar-refractivity contribution in [2.75, 3.05) is 19.5 Å². The Balaban J connectivity index is 0.000000174. The lowest BCUT2D eigenvalue weighted by molar-refractivity contribution is -0.156. The van der Waals surface area contributed by atoms with Crippen LogP contribution in [0.5, 0.6) is 11.5 Å². The van der Waals surface area contributed by atoms with E-state index in [4.69, 9.17) is 40.6 Å². The minimum Gasteiger partial charge on any atom is -0.496 e. The van der Waals surface area contributed by atoms with Gasteiger partial charge in [-0.15, -0.1) is 0 Å². The number of carbonyl (C=O) groups is 2. The van der Waals surface area contributed by atoms with Gasteiger partial charge in [0.2, 0.25) is 0 Å². The Labute approximate surface area is 432 Å². The third-order valence-corrected chi connectivity index (χ3v) is 12.1. The maximum absolute atomic E-state index is 12.1. The number of nitrogens with two attached hydrogens (primary N) is 1. The smallest absolute Gasteiger partial charge is 0.330 e. The highest BCUT2D eigenvalue weighted by Crippen LogP contribution is 2.42. The average molecular weight is 1020 g/mol. The van der Waals surface area contributed by atoms with Gasteiger partial charge in [-0.05, 0) is 97.7 Å². The number of nitrogens with zero attached hydrogens (tertiary/aromatic N) is 6. The summed E-state index contributed by atoms with van der Waals surface area (Å²) in [6.07, 6.45) is 0. The standard InChI is InChI=1S/C25H23N5O4.C17H15ClN4O2.C12H17NO2.CH4/c1-12-20(13(2)34-30-12)17-10-18-16(11-19(17)33-4)21-23(28-18)26-14(3)27-24(21)29-22(25(31)32)15-8-6-5-7-9-15;1-7-14(8(2)24-22-7)11-5-12-10(6-13(11)23-4)15-16(18)19-9(3)20-17(15)21-12;1-12(2,3)15-11(14)10(13)9-7-5-4-6-8-9;/h5-11,22H,1-4H3,(H,31,32)(H2,26,27,28,29);5-6H,1-4H3,(H,19,20,21);4-8,10H,13H2,1-3H3;1H4/t22-;;10-;/m0.0./s1. The molecule has 0 fully saturated rings. The molecule has 0 spiro atoms. The Hall–Kier alpha value is -8.35. The maximum atomic E-state index is 12.1. The van der Waals surface area contributed by atoms with Gasteiger partial charge >= 0.3 is 11.9 Å². The first-order valence-electron chi connectivity index (χ1n) is 23.1. The molecule has 19 heteroatoms. The predicted octanol–water partition coefficient (Wildman–Crippen LogP) is 12.0. The summed E-state index contributed by atoms with van der Waals surface area (Å²) < 4.78 is 27.2. The molecule has 4 aromatic carbocycles. The van der Waals surface area contributed by atoms with Gasteiger partial charge in [-0.25, -0.2) is 29.5 Å². The molecule has 0 aliphatic heterocycles. The molecule has 18 nitrogen and oxygen atoms in total. The number of rotatable bonds is 10. The largest absolute Gasteiger partial charge is 0.496 e. The molecule has 0 saturated heterocycles. The molecule has 10 aromatic rings. The van der Waals surface area contributed by atoms with E-state index in [-0.39, 0.29) is 7.43 Å². The van der Waals surface area contributed by atoms with Gasteiger partial charge in [-0.1, -0.05) is 90.0 Å². The van der Waals surface area contributed by atoms with Crippen LogP contribution in [-0.4, -0.2) is 77.1 Å². The molecular formula is C55H59ClN10O8. The van der Waals surface area contributed by atoms with Crippen molar-refractivity contribution < 1.29 is 38.0 Å². The summed E-state index contributed by atoms with van der Waals surface area (Å²) in [4.78, 5) is 48.2. The number of aromatic amines is 2. The highest BCUT2D eigenvalue weighted by Gasteiger charge is 2.26. The molecule has 0 unspecified atom stereocenters. The first-order chi connectivity index (χ1) is 34.8. The second kappa shape index (κ2) is 21.8. The molecule has 0 aliphatic rings. The van der Waals surface area contributed by atoms with Crippen LogP contribution in [0.3, 0.4) is 0 Å². The summed E-state index contributed by atoms with van der Waals surface area (Å²) in [5, 5.41) is 24.8. The molecule has 384 valence electrons. The predicted molar refractivity (Wildman–Crippen MR) is 287 cm³/mol. The Kier molecular flexibility index (Phi) is 15.7. The van der Waals surface area contributed by atoms with Crippen LogP contribution in [0.25, 0.3) is 66.1 Å². The zero-order valence-corrected chi connectivity index (χ0v) is 42.9. The number of aliphatic carboxylic acids is 1. The van der Waals surface area contributed by atoms with Crippen molar-refractivity contribution in [2.24, 2.45) is 5.73 Å². The summed E-state index contributed by atoms with van der Waals surface area (Å²) in [5.74, 6) is 2.95. The van der Waals surface area contributed by atoms with Crippen molar-refractivity contribution in [3.63, 3.8) is 0 Å². The number of anilines is 1. The van der Waals surface area contributed by atoms with Gasteiger partial charge in [0, 0.05) is 32.9 Å². The van der Waals surface area contributed by atoms with Gasteiger partial charge in [0.05, 0.1) is 47.5 Å². The van der Waals surface area contributed by atoms with Crippen molar-refractivity contribution in [1.82, 2.24) is 40.2 Å². The van der Waals surface area contributed by atoms with E-state index in [1.165, 1.54) is 0 Å². The van der Waals surface area contributed by atoms with Gasteiger partial charge in [0.25, 0.3) is 0 Å². The highest BCUT2D eigenvalue weighted by atomic mass is 35.5. The molecule has 0 saturated carbocycles. The highest BCUT2D eigenvalue weighted by molar-refractivity contribution is 6.36. The number of carboxylic acid groups (broad SMARTS) is 1. The van der Waals surface area contributed by atoms with E-state index in [1.807, 2.05) is 116 Å². The third-order valence-electron chi connectivity index (χ3n) is 11.8. The van der Waals surface area contributed by atoms with Crippen LogP contribution in [0.4, 0.5) is 5.82 Å². The van der Waals surface area contributed by atoms with Crippen LogP contribution < -0.4 is 20.5 Å². The van der Waals surface area contributed by atoms with Gasteiger partial charge < -0.3 is 49.4 Å².